The normalized spacial score (nSPS) is 23.7. The van der Waals surface area contributed by atoms with Crippen molar-refractivity contribution in [2.24, 2.45) is 0 Å². The van der Waals surface area contributed by atoms with Crippen LogP contribution in [0, 0.1) is 0 Å². The van der Waals surface area contributed by atoms with E-state index in [0.717, 1.165) is 10.3 Å². The van der Waals surface area contributed by atoms with Gasteiger partial charge in [0.15, 0.2) is 0 Å². The van der Waals surface area contributed by atoms with Crippen molar-refractivity contribution in [2.75, 3.05) is 23.9 Å². The van der Waals surface area contributed by atoms with Crippen LogP contribution in [0.3, 0.4) is 0 Å². The zero-order chi connectivity index (χ0) is 13.0. The number of hydrogen-bond acceptors (Lipinski definition) is 5. The third-order valence-electron chi connectivity index (χ3n) is 3.30. The minimum Gasteiger partial charge on any atom is -0.365 e. The van der Waals surface area contributed by atoms with Crippen LogP contribution in [0.1, 0.15) is 25.7 Å². The van der Waals surface area contributed by atoms with Crippen LogP contribution >= 0.6 is 27.7 Å². The van der Waals surface area contributed by atoms with E-state index in [1.165, 1.54) is 25.7 Å². The van der Waals surface area contributed by atoms with Crippen molar-refractivity contribution >= 4 is 39.5 Å². The summed E-state index contributed by atoms with van der Waals surface area (Å²) in [7, 11) is 1.83. The lowest BCUT2D eigenvalue weighted by Gasteiger charge is -2.31. The Bertz CT molecular complexity index is 402. The van der Waals surface area contributed by atoms with Crippen molar-refractivity contribution in [3.05, 3.63) is 10.7 Å². The van der Waals surface area contributed by atoms with Gasteiger partial charge in [-0.2, -0.15) is 16.7 Å². The Labute approximate surface area is 121 Å². The van der Waals surface area contributed by atoms with Crippen molar-refractivity contribution in [1.29, 1.82) is 0 Å². The summed E-state index contributed by atoms with van der Waals surface area (Å²) in [6.07, 6.45) is 9.14. The third-order valence-corrected chi connectivity index (χ3v) is 5.05. The maximum atomic E-state index is 4.46. The molecule has 100 valence electrons. The van der Waals surface area contributed by atoms with Gasteiger partial charge >= 0.3 is 0 Å². The second-order valence-electron chi connectivity index (χ2n) is 4.45. The van der Waals surface area contributed by atoms with Crippen LogP contribution in [0.2, 0.25) is 0 Å². The van der Waals surface area contributed by atoms with Crippen molar-refractivity contribution in [3.63, 3.8) is 0 Å². The maximum Gasteiger partial charge on any atom is 0.224 e. The molecule has 0 aliphatic heterocycles. The first-order valence-electron chi connectivity index (χ1n) is 6.24. The molecule has 1 saturated carbocycles. The SMILES string of the molecule is CNc1ncc(Br)c(NC2CCCCC2SC)n1. The van der Waals surface area contributed by atoms with E-state index >= 15 is 0 Å². The zero-order valence-electron chi connectivity index (χ0n) is 10.7. The molecule has 1 aliphatic carbocycles. The molecule has 0 saturated heterocycles. The number of nitrogens with one attached hydrogen (secondary N) is 2. The van der Waals surface area contributed by atoms with E-state index in [2.05, 4.69) is 42.8 Å². The smallest absolute Gasteiger partial charge is 0.224 e. The van der Waals surface area contributed by atoms with Gasteiger partial charge in [-0.05, 0) is 35.0 Å². The number of rotatable bonds is 4. The summed E-state index contributed by atoms with van der Waals surface area (Å²) in [5, 5.41) is 7.21. The van der Waals surface area contributed by atoms with E-state index in [1.807, 2.05) is 18.8 Å². The van der Waals surface area contributed by atoms with Crippen LogP contribution in [0.25, 0.3) is 0 Å². The minimum absolute atomic E-state index is 0.504. The second kappa shape index (κ2) is 6.61. The second-order valence-corrected chi connectivity index (χ2v) is 6.38. The average molecular weight is 331 g/mol. The summed E-state index contributed by atoms with van der Waals surface area (Å²) in [5.41, 5.74) is 0. The Balaban J connectivity index is 2.11. The Kier molecular flexibility index (Phi) is 5.12. The molecule has 18 heavy (non-hydrogen) atoms. The molecule has 0 radical (unpaired) electrons. The largest absolute Gasteiger partial charge is 0.365 e. The maximum absolute atomic E-state index is 4.46. The molecule has 0 bridgehead atoms. The fourth-order valence-corrected chi connectivity index (χ4v) is 3.55. The quantitative estimate of drug-likeness (QED) is 0.886. The number of halogens is 1. The van der Waals surface area contributed by atoms with Gasteiger partial charge in [-0.1, -0.05) is 12.8 Å². The predicted octanol–water partition coefficient (Wildman–Crippen LogP) is 3.37. The van der Waals surface area contributed by atoms with E-state index in [-0.39, 0.29) is 0 Å². The summed E-state index contributed by atoms with van der Waals surface area (Å²) < 4.78 is 0.923. The molecule has 2 N–H and O–H groups in total. The molecule has 0 amide bonds. The van der Waals surface area contributed by atoms with Gasteiger partial charge in [0.05, 0.1) is 4.47 Å². The van der Waals surface area contributed by atoms with Gasteiger partial charge in [-0.25, -0.2) is 4.98 Å². The highest BCUT2D eigenvalue weighted by atomic mass is 79.9. The van der Waals surface area contributed by atoms with Gasteiger partial charge in [0.2, 0.25) is 5.95 Å². The molecule has 0 aromatic carbocycles. The first-order valence-corrected chi connectivity index (χ1v) is 8.32. The van der Waals surface area contributed by atoms with Gasteiger partial charge < -0.3 is 10.6 Å². The summed E-state index contributed by atoms with van der Waals surface area (Å²) in [5.74, 6) is 1.54. The van der Waals surface area contributed by atoms with E-state index in [0.29, 0.717) is 17.2 Å². The Morgan fingerprint density at radius 1 is 1.39 bits per heavy atom. The van der Waals surface area contributed by atoms with E-state index in [1.54, 1.807) is 6.20 Å². The lowest BCUT2D eigenvalue weighted by atomic mass is 9.95. The van der Waals surface area contributed by atoms with Gasteiger partial charge in [-0.15, -0.1) is 0 Å². The molecule has 1 aromatic rings. The highest BCUT2D eigenvalue weighted by Gasteiger charge is 2.25. The van der Waals surface area contributed by atoms with Crippen molar-refractivity contribution < 1.29 is 0 Å². The van der Waals surface area contributed by atoms with Crippen molar-refractivity contribution in [3.8, 4) is 0 Å². The van der Waals surface area contributed by atoms with Crippen LogP contribution in [0.5, 0.6) is 0 Å². The molecule has 2 rings (SSSR count). The van der Waals surface area contributed by atoms with Crippen molar-refractivity contribution in [2.45, 2.75) is 37.0 Å². The summed E-state index contributed by atoms with van der Waals surface area (Å²) in [6.45, 7) is 0. The Hall–Kier alpha value is -0.490. The number of aromatic nitrogens is 2. The molecule has 2 unspecified atom stereocenters. The number of nitrogens with zero attached hydrogens (tertiary/aromatic N) is 2. The molecule has 0 spiro atoms. The summed E-state index contributed by atoms with van der Waals surface area (Å²) in [6, 6.07) is 0.504. The molecule has 1 fully saturated rings. The monoisotopic (exact) mass is 330 g/mol. The Morgan fingerprint density at radius 2 is 2.17 bits per heavy atom. The van der Waals surface area contributed by atoms with Crippen LogP contribution < -0.4 is 10.6 Å². The van der Waals surface area contributed by atoms with Gasteiger partial charge in [0, 0.05) is 24.5 Å². The zero-order valence-corrected chi connectivity index (χ0v) is 13.1. The molecular formula is C12H19BrN4S. The number of thioether (sulfide) groups is 1. The topological polar surface area (TPSA) is 49.8 Å². The molecule has 1 aromatic heterocycles. The molecule has 1 heterocycles. The molecule has 1 aliphatic rings. The van der Waals surface area contributed by atoms with Gasteiger partial charge in [0.1, 0.15) is 5.82 Å². The summed E-state index contributed by atoms with van der Waals surface area (Å²) >= 11 is 5.46. The van der Waals surface area contributed by atoms with Gasteiger partial charge in [-0.3, -0.25) is 0 Å². The van der Waals surface area contributed by atoms with Crippen LogP contribution in [0.4, 0.5) is 11.8 Å². The fourth-order valence-electron chi connectivity index (χ4n) is 2.31. The van der Waals surface area contributed by atoms with Gasteiger partial charge in [0.25, 0.3) is 0 Å². The molecule has 4 nitrogen and oxygen atoms in total. The lowest BCUT2D eigenvalue weighted by Crippen LogP contribution is -2.34. The molecular weight excluding hydrogens is 312 g/mol. The first kappa shape index (κ1) is 13.9. The summed E-state index contributed by atoms with van der Waals surface area (Å²) in [4.78, 5) is 8.64. The number of hydrogen-bond donors (Lipinski definition) is 2. The van der Waals surface area contributed by atoms with E-state index < -0.39 is 0 Å². The lowest BCUT2D eigenvalue weighted by molar-refractivity contribution is 0.474. The minimum atomic E-state index is 0.504. The van der Waals surface area contributed by atoms with E-state index in [9.17, 15) is 0 Å². The highest BCUT2D eigenvalue weighted by Crippen LogP contribution is 2.31. The first-order chi connectivity index (χ1) is 8.74. The molecule has 6 heteroatoms. The van der Waals surface area contributed by atoms with Crippen LogP contribution in [-0.4, -0.2) is 34.6 Å². The number of anilines is 2. The average Bonchev–Trinajstić information content (AvgIpc) is 2.42. The third kappa shape index (κ3) is 3.29. The fraction of sp³-hybridized carbons (Fsp3) is 0.667. The predicted molar refractivity (Wildman–Crippen MR) is 82.5 cm³/mol. The van der Waals surface area contributed by atoms with Crippen molar-refractivity contribution in [1.82, 2.24) is 9.97 Å². The Morgan fingerprint density at radius 3 is 2.89 bits per heavy atom. The van der Waals surface area contributed by atoms with Crippen LogP contribution in [-0.2, 0) is 0 Å². The molecule has 2 atom stereocenters. The van der Waals surface area contributed by atoms with E-state index in [4.69, 9.17) is 0 Å². The highest BCUT2D eigenvalue weighted by molar-refractivity contribution is 9.10. The standard InChI is InChI=1S/C12H19BrN4S/c1-14-12-15-7-8(13)11(17-12)16-9-5-3-4-6-10(9)18-2/h7,9-10H,3-6H2,1-2H3,(H2,14,15,16,17). The van der Waals surface area contributed by atoms with Crippen LogP contribution in [0.15, 0.2) is 10.7 Å².